The van der Waals surface area contributed by atoms with Gasteiger partial charge in [0.25, 0.3) is 5.91 Å². The third kappa shape index (κ3) is 3.70. The van der Waals surface area contributed by atoms with Crippen molar-refractivity contribution < 1.29 is 23.1 Å². The summed E-state index contributed by atoms with van der Waals surface area (Å²) in [4.78, 5) is 23.9. The van der Waals surface area contributed by atoms with Gasteiger partial charge in [-0.25, -0.2) is 17.9 Å². The molecule has 1 aliphatic rings. The Morgan fingerprint density at radius 1 is 1.09 bits per heavy atom. The monoisotopic (exact) mass is 340 g/mol. The van der Waals surface area contributed by atoms with E-state index in [1.165, 1.54) is 31.3 Å². The Morgan fingerprint density at radius 3 is 2.13 bits per heavy atom. The summed E-state index contributed by atoms with van der Waals surface area (Å²) in [7, 11) is -2.27. The molecule has 7 nitrogen and oxygen atoms in total. The van der Waals surface area contributed by atoms with Crippen LogP contribution in [0.25, 0.3) is 0 Å². The van der Waals surface area contributed by atoms with E-state index in [4.69, 9.17) is 0 Å². The summed E-state index contributed by atoms with van der Waals surface area (Å²) < 4.78 is 25.5. The minimum Gasteiger partial charge on any atom is -0.480 e. The maximum Gasteiger partial charge on any atom is 0.329 e. The Kier molecular flexibility index (Phi) is 5.06. The number of amides is 1. The van der Waals surface area contributed by atoms with Gasteiger partial charge in [0, 0.05) is 5.56 Å². The van der Waals surface area contributed by atoms with E-state index < -0.39 is 27.4 Å². The van der Waals surface area contributed by atoms with Crippen LogP contribution in [-0.2, 0) is 14.8 Å². The number of carbonyl (C=O) groups is 2. The lowest BCUT2D eigenvalue weighted by molar-refractivity contribution is -0.145. The van der Waals surface area contributed by atoms with Crippen molar-refractivity contribution in [2.75, 3.05) is 7.05 Å². The van der Waals surface area contributed by atoms with Crippen LogP contribution in [0.5, 0.6) is 0 Å². The number of carbonyl (C=O) groups excluding carboxylic acids is 1. The first-order chi connectivity index (χ1) is 10.8. The van der Waals surface area contributed by atoms with Crippen LogP contribution in [0.3, 0.4) is 0 Å². The molecule has 0 unspecified atom stereocenters. The van der Waals surface area contributed by atoms with Gasteiger partial charge >= 0.3 is 5.97 Å². The van der Waals surface area contributed by atoms with Crippen LogP contribution in [-0.4, -0.2) is 38.0 Å². The number of aliphatic carboxylic acids is 1. The SMILES string of the molecule is CNS(=O)(=O)c1ccc(C(=O)NC2(C(=O)O)CCCCC2)cc1. The van der Waals surface area contributed by atoms with Crippen molar-refractivity contribution in [3.8, 4) is 0 Å². The van der Waals surface area contributed by atoms with Crippen molar-refractivity contribution in [1.82, 2.24) is 10.0 Å². The highest BCUT2D eigenvalue weighted by Crippen LogP contribution is 2.29. The molecule has 0 heterocycles. The summed E-state index contributed by atoms with van der Waals surface area (Å²) in [5.74, 6) is -1.54. The van der Waals surface area contributed by atoms with Crippen LogP contribution in [0.1, 0.15) is 42.5 Å². The van der Waals surface area contributed by atoms with E-state index in [2.05, 4.69) is 10.0 Å². The first-order valence-corrected chi connectivity index (χ1v) is 8.89. The third-order valence-corrected chi connectivity index (χ3v) is 5.60. The van der Waals surface area contributed by atoms with Gasteiger partial charge in [-0.3, -0.25) is 4.79 Å². The minimum atomic E-state index is -3.57. The zero-order valence-corrected chi connectivity index (χ0v) is 13.6. The molecule has 1 saturated carbocycles. The maximum absolute atomic E-state index is 12.3. The fraction of sp³-hybridized carbons (Fsp3) is 0.467. The Bertz CT molecular complexity index is 691. The topological polar surface area (TPSA) is 113 Å². The molecule has 0 spiro atoms. The standard InChI is InChI=1S/C15H20N2O5S/c1-16-23(21,22)12-7-5-11(6-8-12)13(18)17-15(14(19)20)9-3-2-4-10-15/h5-8,16H,2-4,9-10H2,1H3,(H,17,18)(H,19,20). The van der Waals surface area contributed by atoms with E-state index in [0.717, 1.165) is 19.3 Å². The molecule has 8 heteroatoms. The van der Waals surface area contributed by atoms with E-state index in [1.807, 2.05) is 0 Å². The highest BCUT2D eigenvalue weighted by molar-refractivity contribution is 7.89. The van der Waals surface area contributed by atoms with Gasteiger partial charge in [-0.05, 0) is 44.2 Å². The maximum atomic E-state index is 12.3. The predicted octanol–water partition coefficient (Wildman–Crippen LogP) is 1.11. The average Bonchev–Trinajstić information content (AvgIpc) is 2.55. The Morgan fingerprint density at radius 2 is 1.65 bits per heavy atom. The van der Waals surface area contributed by atoms with Gasteiger partial charge < -0.3 is 10.4 Å². The summed E-state index contributed by atoms with van der Waals surface area (Å²) in [5, 5.41) is 12.1. The second-order valence-electron chi connectivity index (χ2n) is 5.63. The number of benzene rings is 1. The number of carboxylic acids is 1. The van der Waals surface area contributed by atoms with Gasteiger partial charge in [0.1, 0.15) is 5.54 Å². The van der Waals surface area contributed by atoms with Crippen LogP contribution >= 0.6 is 0 Å². The fourth-order valence-corrected chi connectivity index (χ4v) is 3.47. The molecule has 126 valence electrons. The molecule has 1 aliphatic carbocycles. The van der Waals surface area contributed by atoms with Gasteiger partial charge in [0.2, 0.25) is 10.0 Å². The molecule has 0 bridgehead atoms. The summed E-state index contributed by atoms with van der Waals surface area (Å²) in [6.07, 6.45) is 3.28. The van der Waals surface area contributed by atoms with Crippen molar-refractivity contribution in [3.05, 3.63) is 29.8 Å². The first-order valence-electron chi connectivity index (χ1n) is 7.40. The van der Waals surface area contributed by atoms with E-state index in [0.29, 0.717) is 12.8 Å². The van der Waals surface area contributed by atoms with Crippen molar-refractivity contribution >= 4 is 21.9 Å². The van der Waals surface area contributed by atoms with Gasteiger partial charge in [0.15, 0.2) is 0 Å². The minimum absolute atomic E-state index is 0.0437. The smallest absolute Gasteiger partial charge is 0.329 e. The zero-order valence-electron chi connectivity index (χ0n) is 12.8. The molecule has 0 atom stereocenters. The molecule has 0 saturated heterocycles. The van der Waals surface area contributed by atoms with Crippen LogP contribution in [0.2, 0.25) is 0 Å². The second-order valence-corrected chi connectivity index (χ2v) is 7.52. The van der Waals surface area contributed by atoms with Crippen molar-refractivity contribution in [1.29, 1.82) is 0 Å². The second kappa shape index (κ2) is 6.67. The quantitative estimate of drug-likeness (QED) is 0.743. The Hall–Kier alpha value is -1.93. The largest absolute Gasteiger partial charge is 0.480 e. The Balaban J connectivity index is 2.18. The zero-order chi connectivity index (χ0) is 17.1. The molecule has 1 aromatic rings. The van der Waals surface area contributed by atoms with E-state index in [1.54, 1.807) is 0 Å². The number of rotatable bonds is 5. The van der Waals surface area contributed by atoms with Gasteiger partial charge in [-0.2, -0.15) is 0 Å². The lowest BCUT2D eigenvalue weighted by Gasteiger charge is -2.34. The molecule has 2 rings (SSSR count). The summed E-state index contributed by atoms with van der Waals surface area (Å²) in [5.41, 5.74) is -1.00. The highest BCUT2D eigenvalue weighted by atomic mass is 32.2. The number of sulfonamides is 1. The fourth-order valence-electron chi connectivity index (χ4n) is 2.74. The first kappa shape index (κ1) is 17.4. The van der Waals surface area contributed by atoms with Crippen molar-refractivity contribution in [2.24, 2.45) is 0 Å². The van der Waals surface area contributed by atoms with E-state index >= 15 is 0 Å². The third-order valence-electron chi connectivity index (χ3n) is 4.16. The van der Waals surface area contributed by atoms with Crippen LogP contribution < -0.4 is 10.0 Å². The molecule has 0 aliphatic heterocycles. The molecule has 23 heavy (non-hydrogen) atoms. The van der Waals surface area contributed by atoms with Gasteiger partial charge in [-0.15, -0.1) is 0 Å². The summed E-state index contributed by atoms with van der Waals surface area (Å²) in [6, 6.07) is 5.37. The number of nitrogens with one attached hydrogen (secondary N) is 2. The number of hydrogen-bond donors (Lipinski definition) is 3. The number of carboxylic acid groups (broad SMARTS) is 1. The predicted molar refractivity (Wildman–Crippen MR) is 83.6 cm³/mol. The lowest BCUT2D eigenvalue weighted by atomic mass is 9.81. The normalized spacial score (nSPS) is 17.4. The molecule has 0 aromatic heterocycles. The summed E-state index contributed by atoms with van der Waals surface area (Å²) in [6.45, 7) is 0. The molecule has 1 fully saturated rings. The van der Waals surface area contributed by atoms with Crippen molar-refractivity contribution in [3.63, 3.8) is 0 Å². The lowest BCUT2D eigenvalue weighted by Crippen LogP contribution is -2.55. The molecular formula is C15H20N2O5S. The van der Waals surface area contributed by atoms with Crippen LogP contribution in [0, 0.1) is 0 Å². The molecule has 1 amide bonds. The number of hydrogen-bond acceptors (Lipinski definition) is 4. The molecular weight excluding hydrogens is 320 g/mol. The van der Waals surface area contributed by atoms with Crippen LogP contribution in [0.4, 0.5) is 0 Å². The summed E-state index contributed by atoms with van der Waals surface area (Å²) >= 11 is 0. The van der Waals surface area contributed by atoms with Crippen LogP contribution in [0.15, 0.2) is 29.2 Å². The van der Waals surface area contributed by atoms with Gasteiger partial charge in [-0.1, -0.05) is 19.3 Å². The Labute approximate surface area is 135 Å². The average molecular weight is 340 g/mol. The molecule has 3 N–H and O–H groups in total. The highest BCUT2D eigenvalue weighted by Gasteiger charge is 2.41. The molecule has 1 aromatic carbocycles. The molecule has 0 radical (unpaired) electrons. The van der Waals surface area contributed by atoms with Crippen molar-refractivity contribution in [2.45, 2.75) is 42.5 Å². The van der Waals surface area contributed by atoms with E-state index in [9.17, 15) is 23.1 Å². The van der Waals surface area contributed by atoms with Gasteiger partial charge in [0.05, 0.1) is 4.90 Å². The van der Waals surface area contributed by atoms with E-state index in [-0.39, 0.29) is 10.5 Å².